The Bertz CT molecular complexity index is 80.2. The van der Waals surface area contributed by atoms with Crippen LogP contribution in [0.2, 0.25) is 0 Å². The Balaban J connectivity index is 3.04. The van der Waals surface area contributed by atoms with E-state index in [2.05, 4.69) is 21.1 Å². The molecule has 0 aliphatic carbocycles. The van der Waals surface area contributed by atoms with E-state index in [0.717, 1.165) is 15.9 Å². The molecule has 0 bridgehead atoms. The van der Waals surface area contributed by atoms with E-state index in [-0.39, 0.29) is 21.5 Å². The van der Waals surface area contributed by atoms with Gasteiger partial charge in [0.1, 0.15) is 0 Å². The molecular weight excluding hydrogens is 241 g/mol. The van der Waals surface area contributed by atoms with Crippen molar-refractivity contribution in [1.82, 2.24) is 0 Å². The van der Waals surface area contributed by atoms with Crippen molar-refractivity contribution in [2.24, 2.45) is 0 Å². The van der Waals surface area contributed by atoms with Crippen LogP contribution in [-0.4, -0.2) is 41.5 Å². The first-order valence-electron chi connectivity index (χ1n) is 3.56. The van der Waals surface area contributed by atoms with Gasteiger partial charge in [-0.15, -0.1) is 0 Å². The van der Waals surface area contributed by atoms with Crippen molar-refractivity contribution in [3.05, 3.63) is 0 Å². The number of quaternary nitrogens is 1. The molecular formula is C7H18INO. The maximum absolute atomic E-state index is 5.25. The van der Waals surface area contributed by atoms with Gasteiger partial charge in [-0.3, -0.25) is 0 Å². The van der Waals surface area contributed by atoms with Gasteiger partial charge in [0, 0.05) is 0 Å². The average Bonchev–Trinajstić information content (AvgIpc) is 1.78. The van der Waals surface area contributed by atoms with Crippen molar-refractivity contribution in [2.45, 2.75) is 6.92 Å². The number of hydrogen-bond acceptors (Lipinski definition) is 1. The summed E-state index contributed by atoms with van der Waals surface area (Å²) >= 11 is 0.282. The summed E-state index contributed by atoms with van der Waals surface area (Å²) in [6.45, 7) is 3.87. The van der Waals surface area contributed by atoms with E-state index in [0.29, 0.717) is 0 Å². The maximum atomic E-state index is 5.25. The fraction of sp³-hybridized carbons (Fsp3) is 1.00. The summed E-state index contributed by atoms with van der Waals surface area (Å²) in [6, 6.07) is 0. The second-order valence-corrected chi connectivity index (χ2v) is 7.51. The molecule has 2 nitrogen and oxygen atoms in total. The molecule has 0 radical (unpaired) electrons. The van der Waals surface area contributed by atoms with Gasteiger partial charge < -0.3 is 0 Å². The Morgan fingerprint density at radius 3 is 2.30 bits per heavy atom. The van der Waals surface area contributed by atoms with Gasteiger partial charge in [-0.25, -0.2) is 0 Å². The first kappa shape index (κ1) is 10.7. The van der Waals surface area contributed by atoms with Crippen LogP contribution in [0, 0.1) is 0 Å². The molecule has 0 amide bonds. The normalized spacial score (nSPS) is 12.4. The molecule has 0 aromatic heterocycles. The molecule has 0 rings (SSSR count). The number of ether oxygens (including phenoxy) is 1. The number of nitrogens with zero attached hydrogens (tertiary/aromatic N) is 1. The number of rotatable bonds is 5. The monoisotopic (exact) mass is 259 g/mol. The third-order valence-corrected chi connectivity index (χ3v) is 3.84. The van der Waals surface area contributed by atoms with E-state index in [4.69, 9.17) is 4.74 Å². The van der Waals surface area contributed by atoms with E-state index < -0.39 is 0 Å². The molecule has 0 saturated heterocycles. The minimum absolute atomic E-state index is 0.282. The summed E-state index contributed by atoms with van der Waals surface area (Å²) in [6.07, 6.45) is 0. The van der Waals surface area contributed by atoms with E-state index in [1.54, 1.807) is 0 Å². The molecule has 0 unspecified atom stereocenters. The van der Waals surface area contributed by atoms with E-state index in [1.807, 2.05) is 6.92 Å². The molecule has 0 spiro atoms. The molecule has 64 valence electrons. The van der Waals surface area contributed by atoms with E-state index in [1.165, 1.54) is 4.43 Å². The van der Waals surface area contributed by atoms with Crippen LogP contribution in [0.15, 0.2) is 0 Å². The molecule has 0 aromatic carbocycles. The third kappa shape index (κ3) is 8.65. The Hall–Kier alpha value is 0.650. The Morgan fingerprint density at radius 1 is 1.30 bits per heavy atom. The zero-order chi connectivity index (χ0) is 8.04. The molecule has 0 aliphatic heterocycles. The van der Waals surface area contributed by atoms with Crippen LogP contribution in [0.4, 0.5) is 0 Å². The Kier molecular flexibility index (Phi) is 5.67. The summed E-state index contributed by atoms with van der Waals surface area (Å²) in [7, 11) is 6.75. The Labute approximate surface area is 74.8 Å². The van der Waals surface area contributed by atoms with E-state index >= 15 is 0 Å². The molecule has 3 heteroatoms. The van der Waals surface area contributed by atoms with Crippen molar-refractivity contribution in [2.75, 3.05) is 38.8 Å². The van der Waals surface area contributed by atoms with Crippen LogP contribution in [0.1, 0.15) is 6.92 Å². The first-order valence-corrected chi connectivity index (χ1v) is 6.05. The summed E-state index contributed by atoms with van der Waals surface area (Å²) in [4.78, 5) is 0. The number of alkyl halides is 1. The van der Waals surface area contributed by atoms with Gasteiger partial charge in [0.05, 0.1) is 0 Å². The van der Waals surface area contributed by atoms with Crippen molar-refractivity contribution in [3.8, 4) is 0 Å². The van der Waals surface area contributed by atoms with Gasteiger partial charge in [0.15, 0.2) is 0 Å². The van der Waals surface area contributed by atoms with Crippen LogP contribution < -0.4 is 21.5 Å². The fourth-order valence-corrected chi connectivity index (χ4v) is 2.44. The van der Waals surface area contributed by atoms with Crippen molar-refractivity contribution < 1.29 is 28.9 Å². The van der Waals surface area contributed by atoms with E-state index in [9.17, 15) is 0 Å². The molecule has 0 atom stereocenters. The minimum atomic E-state index is 0.282. The third-order valence-electron chi connectivity index (χ3n) is 0.869. The fourth-order valence-electron chi connectivity index (χ4n) is 0.487. The van der Waals surface area contributed by atoms with Gasteiger partial charge in [-0.2, -0.15) is 0 Å². The molecule has 0 heterocycles. The standard InChI is InChI=1S/C7H18INO/c1-5-10-7-6-8-9(2,3)4/h5-7H2,1-4H3. The second-order valence-electron chi connectivity index (χ2n) is 2.85. The predicted octanol–water partition coefficient (Wildman–Crippen LogP) is -2.27. The molecule has 0 fully saturated rings. The van der Waals surface area contributed by atoms with Crippen LogP contribution in [-0.2, 0) is 4.74 Å². The van der Waals surface area contributed by atoms with Crippen LogP contribution in [0.25, 0.3) is 0 Å². The topological polar surface area (TPSA) is 9.23 Å². The molecule has 10 heavy (non-hydrogen) atoms. The SMILES string of the molecule is CCOCC[I-][N+](C)(C)C. The second kappa shape index (κ2) is 5.32. The Morgan fingerprint density at radius 2 is 1.90 bits per heavy atom. The van der Waals surface area contributed by atoms with Gasteiger partial charge >= 0.3 is 74.6 Å². The quantitative estimate of drug-likeness (QED) is 0.234. The van der Waals surface area contributed by atoms with Gasteiger partial charge in [-0.1, -0.05) is 0 Å². The van der Waals surface area contributed by atoms with Crippen LogP contribution in [0.3, 0.4) is 0 Å². The molecule has 0 N–H and O–H groups in total. The van der Waals surface area contributed by atoms with Crippen molar-refractivity contribution in [3.63, 3.8) is 0 Å². The average molecular weight is 259 g/mol. The summed E-state index contributed by atoms with van der Waals surface area (Å²) in [5.41, 5.74) is 0. The molecule has 0 aliphatic rings. The number of halogens is 1. The van der Waals surface area contributed by atoms with Gasteiger partial charge in [0.2, 0.25) is 0 Å². The number of hydrogen-bond donors (Lipinski definition) is 0. The van der Waals surface area contributed by atoms with Crippen molar-refractivity contribution >= 4 is 0 Å². The van der Waals surface area contributed by atoms with Crippen LogP contribution in [0.5, 0.6) is 0 Å². The zero-order valence-corrected chi connectivity index (χ0v) is 9.51. The zero-order valence-electron chi connectivity index (χ0n) is 7.35. The molecule has 0 saturated carbocycles. The first-order chi connectivity index (χ1) is 4.56. The summed E-state index contributed by atoms with van der Waals surface area (Å²) in [5, 5.41) is 0. The van der Waals surface area contributed by atoms with Crippen molar-refractivity contribution in [1.29, 1.82) is 0 Å². The van der Waals surface area contributed by atoms with Gasteiger partial charge in [-0.05, 0) is 0 Å². The van der Waals surface area contributed by atoms with Crippen LogP contribution >= 0.6 is 0 Å². The summed E-state index contributed by atoms with van der Waals surface area (Å²) < 4.78 is 7.67. The van der Waals surface area contributed by atoms with Gasteiger partial charge in [0.25, 0.3) is 0 Å². The molecule has 0 aromatic rings. The summed E-state index contributed by atoms with van der Waals surface area (Å²) in [5.74, 6) is 0. The predicted molar refractivity (Wildman–Crippen MR) is 39.4 cm³/mol.